The highest BCUT2D eigenvalue weighted by Gasteiger charge is 2.60. The van der Waals surface area contributed by atoms with Crippen molar-refractivity contribution >= 4 is 23.9 Å². The topological polar surface area (TPSA) is 122 Å². The first kappa shape index (κ1) is 25.6. The third kappa shape index (κ3) is 4.72. The highest BCUT2D eigenvalue weighted by atomic mass is 16.6. The Bertz CT molecular complexity index is 1280. The summed E-state index contributed by atoms with van der Waals surface area (Å²) in [6, 6.07) is 10.8. The molecule has 5 unspecified atom stereocenters. The maximum Gasteiger partial charge on any atom is 0.322 e. The zero-order valence-corrected chi connectivity index (χ0v) is 21.9. The van der Waals surface area contributed by atoms with Gasteiger partial charge in [0.15, 0.2) is 0 Å². The van der Waals surface area contributed by atoms with Crippen LogP contribution in [0.1, 0.15) is 92.9 Å². The molecule has 1 aromatic heterocycles. The number of nitrogens with zero attached hydrogens (tertiary/aromatic N) is 2. The van der Waals surface area contributed by atoms with Gasteiger partial charge in [-0.2, -0.15) is 5.10 Å². The number of carbonyl (C=O) groups is 4. The fraction of sp³-hybridized carbons (Fsp3) is 0.533. The largest absolute Gasteiger partial charge is 0.472 e. The van der Waals surface area contributed by atoms with Crippen molar-refractivity contribution in [3.63, 3.8) is 0 Å². The van der Waals surface area contributed by atoms with Gasteiger partial charge < -0.3 is 14.2 Å². The van der Waals surface area contributed by atoms with Crippen molar-refractivity contribution in [2.24, 2.45) is 17.8 Å². The van der Waals surface area contributed by atoms with Crippen LogP contribution in [0.5, 0.6) is 5.88 Å². The van der Waals surface area contributed by atoms with Crippen molar-refractivity contribution in [2.75, 3.05) is 0 Å². The summed E-state index contributed by atoms with van der Waals surface area (Å²) < 4.78 is 16.2. The average Bonchev–Trinajstić information content (AvgIpc) is 3.44. The van der Waals surface area contributed by atoms with Gasteiger partial charge in [-0.1, -0.05) is 50.5 Å². The summed E-state index contributed by atoms with van der Waals surface area (Å²) in [6.07, 6.45) is 7.26. The Balaban J connectivity index is 1.28. The monoisotopic (exact) mass is 532 g/mol. The van der Waals surface area contributed by atoms with E-state index >= 15 is 0 Å². The minimum absolute atomic E-state index is 0.135. The van der Waals surface area contributed by atoms with Crippen LogP contribution in [0.25, 0.3) is 0 Å². The van der Waals surface area contributed by atoms with Gasteiger partial charge in [-0.25, -0.2) is 0 Å². The molecule has 2 aliphatic carbocycles. The summed E-state index contributed by atoms with van der Waals surface area (Å²) in [5.74, 6) is -4.73. The molecular weight excluding hydrogens is 500 g/mol. The number of carbonyl (C=O) groups excluding carboxylic acids is 4. The molecule has 39 heavy (non-hydrogen) atoms. The van der Waals surface area contributed by atoms with E-state index in [4.69, 9.17) is 14.2 Å². The molecule has 0 amide bonds. The van der Waals surface area contributed by atoms with E-state index in [1.54, 1.807) is 30.3 Å². The summed E-state index contributed by atoms with van der Waals surface area (Å²) in [5.41, 5.74) is 2.18. The predicted molar refractivity (Wildman–Crippen MR) is 136 cm³/mol. The van der Waals surface area contributed by atoms with Gasteiger partial charge in [0.05, 0.1) is 24.0 Å². The zero-order valence-electron chi connectivity index (χ0n) is 21.9. The lowest BCUT2D eigenvalue weighted by Gasteiger charge is -2.39. The molecule has 0 radical (unpaired) electrons. The highest BCUT2D eigenvalue weighted by Crippen LogP contribution is 2.52. The Morgan fingerprint density at radius 2 is 1.62 bits per heavy atom. The van der Waals surface area contributed by atoms with Crippen molar-refractivity contribution in [1.82, 2.24) is 10.2 Å². The molecule has 2 saturated heterocycles. The second-order valence-corrected chi connectivity index (χ2v) is 11.2. The molecule has 5 atom stereocenters. The number of hydrogen-bond acceptors (Lipinski definition) is 9. The minimum atomic E-state index is -0.985. The molecule has 9 nitrogen and oxygen atoms in total. The Labute approximate surface area is 226 Å². The predicted octanol–water partition coefficient (Wildman–Crippen LogP) is 4.36. The number of cyclic esters (lactones) is 4. The molecule has 2 aromatic rings. The Morgan fingerprint density at radius 3 is 2.28 bits per heavy atom. The van der Waals surface area contributed by atoms with Crippen LogP contribution in [0.3, 0.4) is 0 Å². The quantitative estimate of drug-likeness (QED) is 0.378. The maximum absolute atomic E-state index is 12.9. The molecule has 1 saturated carbocycles. The van der Waals surface area contributed by atoms with E-state index in [0.717, 1.165) is 24.5 Å². The fourth-order valence-electron chi connectivity index (χ4n) is 7.00. The van der Waals surface area contributed by atoms with E-state index in [-0.39, 0.29) is 12.3 Å². The lowest BCUT2D eigenvalue weighted by molar-refractivity contribution is -0.156. The van der Waals surface area contributed by atoms with Crippen LogP contribution in [-0.2, 0) is 28.7 Å². The van der Waals surface area contributed by atoms with Crippen molar-refractivity contribution in [1.29, 1.82) is 0 Å². The molecule has 4 aliphatic rings. The Morgan fingerprint density at radius 1 is 0.846 bits per heavy atom. The molecule has 9 heteroatoms. The minimum Gasteiger partial charge on any atom is -0.472 e. The van der Waals surface area contributed by atoms with Gasteiger partial charge in [-0.05, 0) is 48.8 Å². The molecule has 0 spiro atoms. The van der Waals surface area contributed by atoms with Crippen molar-refractivity contribution in [2.45, 2.75) is 82.1 Å². The first-order valence-corrected chi connectivity index (χ1v) is 14.0. The summed E-state index contributed by atoms with van der Waals surface area (Å²) in [4.78, 5) is 50.5. The van der Waals surface area contributed by atoms with Crippen LogP contribution in [0.2, 0.25) is 0 Å². The number of benzene rings is 1. The van der Waals surface area contributed by atoms with Crippen LogP contribution in [-0.4, -0.2) is 40.2 Å². The third-order valence-corrected chi connectivity index (χ3v) is 8.97. The second kappa shape index (κ2) is 10.5. The number of aromatic nitrogens is 2. The van der Waals surface area contributed by atoms with E-state index < -0.39 is 53.7 Å². The number of unbranched alkanes of at least 4 members (excludes halogenated alkanes) is 1. The van der Waals surface area contributed by atoms with E-state index in [2.05, 4.69) is 17.1 Å². The average molecular weight is 533 g/mol. The van der Waals surface area contributed by atoms with Crippen molar-refractivity contribution < 1.29 is 33.4 Å². The van der Waals surface area contributed by atoms with Gasteiger partial charge in [-0.15, -0.1) is 5.10 Å². The van der Waals surface area contributed by atoms with Gasteiger partial charge in [0, 0.05) is 17.9 Å². The Hall–Kier alpha value is -3.62. The highest BCUT2D eigenvalue weighted by molar-refractivity contribution is 6.01. The van der Waals surface area contributed by atoms with E-state index in [9.17, 15) is 19.2 Å². The number of fused-ring (bicyclic) bond motifs is 3. The molecule has 2 aliphatic heterocycles. The van der Waals surface area contributed by atoms with Gasteiger partial charge in [0.1, 0.15) is 12.0 Å². The standard InChI is InChI=1S/C30H32N2O7/c1-2-3-6-16-9-11-17(12-10-16)21-13-14-22(32-31-21)37-27-24(20-15-23(33)38-28(20)34)18-7-4-5-8-19(18)25-26(27)30(36)39-29(25)35/h4-5,7-8,13-14,16-17,20,24-27H,2-3,6,9-12,15H2,1H3. The van der Waals surface area contributed by atoms with Crippen LogP contribution in [0, 0.1) is 17.8 Å². The van der Waals surface area contributed by atoms with Gasteiger partial charge in [0.25, 0.3) is 0 Å². The number of esters is 4. The molecule has 0 N–H and O–H groups in total. The molecule has 1 aromatic carbocycles. The summed E-state index contributed by atoms with van der Waals surface area (Å²) in [7, 11) is 0. The van der Waals surface area contributed by atoms with Crippen LogP contribution >= 0.6 is 0 Å². The lowest BCUT2D eigenvalue weighted by atomic mass is 9.65. The SMILES string of the molecule is CCCCC1CCC(c2ccc(OC3C4C(=O)OC(=O)C4c4ccccc4C3C3CC(=O)OC3=O)nn2)CC1. The van der Waals surface area contributed by atoms with Gasteiger partial charge in [0.2, 0.25) is 5.88 Å². The van der Waals surface area contributed by atoms with Crippen molar-refractivity contribution in [3.05, 3.63) is 53.2 Å². The first-order chi connectivity index (χ1) is 18.9. The van der Waals surface area contributed by atoms with E-state index in [0.29, 0.717) is 17.0 Å². The van der Waals surface area contributed by atoms with E-state index in [1.165, 1.54) is 32.1 Å². The van der Waals surface area contributed by atoms with Crippen LogP contribution in [0.15, 0.2) is 36.4 Å². The van der Waals surface area contributed by atoms with Crippen LogP contribution in [0.4, 0.5) is 0 Å². The normalized spacial score (nSPS) is 31.9. The third-order valence-electron chi connectivity index (χ3n) is 8.97. The van der Waals surface area contributed by atoms with Crippen molar-refractivity contribution in [3.8, 4) is 5.88 Å². The van der Waals surface area contributed by atoms with Gasteiger partial charge >= 0.3 is 23.9 Å². The van der Waals surface area contributed by atoms with E-state index in [1.807, 2.05) is 6.07 Å². The number of rotatable bonds is 7. The summed E-state index contributed by atoms with van der Waals surface area (Å²) in [6.45, 7) is 2.23. The Kier molecular flexibility index (Phi) is 6.91. The van der Waals surface area contributed by atoms with Crippen LogP contribution < -0.4 is 4.74 Å². The fourth-order valence-corrected chi connectivity index (χ4v) is 7.00. The lowest BCUT2D eigenvalue weighted by Crippen LogP contribution is -2.46. The number of hydrogen-bond donors (Lipinski definition) is 0. The molecule has 6 rings (SSSR count). The molecule has 204 valence electrons. The number of ether oxygens (including phenoxy) is 3. The van der Waals surface area contributed by atoms with Gasteiger partial charge in [-0.3, -0.25) is 19.2 Å². The molecule has 3 fully saturated rings. The zero-order chi connectivity index (χ0) is 27.1. The summed E-state index contributed by atoms with van der Waals surface area (Å²) >= 11 is 0. The molecule has 3 heterocycles. The first-order valence-electron chi connectivity index (χ1n) is 14.0. The molecular formula is C30H32N2O7. The molecule has 0 bridgehead atoms. The smallest absolute Gasteiger partial charge is 0.322 e. The summed E-state index contributed by atoms with van der Waals surface area (Å²) in [5, 5.41) is 8.80. The second-order valence-electron chi connectivity index (χ2n) is 11.2. The maximum atomic E-state index is 12.9.